The molecule has 1 atom stereocenters. The number of aliphatic hydroxyl groups excluding tert-OH is 1. The number of benzene rings is 1. The Kier molecular flexibility index (Phi) is 8.41. The largest absolute Gasteiger partial charge is 0.386 e. The van der Waals surface area contributed by atoms with Gasteiger partial charge in [0.15, 0.2) is 0 Å². The minimum Gasteiger partial charge on any atom is -0.386 e. The van der Waals surface area contributed by atoms with Crippen molar-refractivity contribution in [3.05, 3.63) is 35.4 Å². The molecule has 0 saturated carbocycles. The lowest BCUT2D eigenvalue weighted by atomic mass is 10.1. The van der Waals surface area contributed by atoms with E-state index in [0.717, 1.165) is 30.6 Å². The molecule has 0 heterocycles. The van der Waals surface area contributed by atoms with Gasteiger partial charge in [0.1, 0.15) is 6.10 Å². The van der Waals surface area contributed by atoms with Crippen LogP contribution in [0.5, 0.6) is 0 Å². The first-order chi connectivity index (χ1) is 9.27. The second-order valence-electron chi connectivity index (χ2n) is 4.50. The molecule has 0 saturated heterocycles. The van der Waals surface area contributed by atoms with E-state index >= 15 is 0 Å². The van der Waals surface area contributed by atoms with Crippen molar-refractivity contribution in [3.63, 3.8) is 0 Å². The van der Waals surface area contributed by atoms with Gasteiger partial charge in [0.25, 0.3) is 0 Å². The summed E-state index contributed by atoms with van der Waals surface area (Å²) in [5.74, 6) is 0. The first-order valence-corrected chi connectivity index (χ1v) is 6.90. The van der Waals surface area contributed by atoms with Crippen molar-refractivity contribution in [1.82, 2.24) is 0 Å². The summed E-state index contributed by atoms with van der Waals surface area (Å²) in [6.45, 7) is 4.82. The molecule has 0 aliphatic heterocycles. The van der Waals surface area contributed by atoms with Gasteiger partial charge in [-0.15, -0.1) is 0 Å². The Morgan fingerprint density at radius 2 is 1.79 bits per heavy atom. The molecule has 0 aliphatic rings. The first kappa shape index (κ1) is 16.1. The molecular weight excluding hydrogens is 242 g/mol. The minimum absolute atomic E-state index is 0.291. The van der Waals surface area contributed by atoms with Crippen molar-refractivity contribution in [2.24, 2.45) is 5.73 Å². The van der Waals surface area contributed by atoms with E-state index < -0.39 is 6.10 Å². The van der Waals surface area contributed by atoms with Gasteiger partial charge < -0.3 is 20.3 Å². The lowest BCUT2D eigenvalue weighted by Crippen LogP contribution is -2.11. The highest BCUT2D eigenvalue weighted by Gasteiger charge is 2.07. The number of hydrogen-bond acceptors (Lipinski definition) is 4. The summed E-state index contributed by atoms with van der Waals surface area (Å²) in [7, 11) is 0. The summed E-state index contributed by atoms with van der Waals surface area (Å²) < 4.78 is 10.8. The van der Waals surface area contributed by atoms with Crippen molar-refractivity contribution < 1.29 is 14.6 Å². The van der Waals surface area contributed by atoms with Crippen LogP contribution in [0, 0.1) is 0 Å². The van der Waals surface area contributed by atoms with Crippen LogP contribution in [0.3, 0.4) is 0 Å². The Morgan fingerprint density at radius 1 is 1.11 bits per heavy atom. The molecule has 19 heavy (non-hydrogen) atoms. The van der Waals surface area contributed by atoms with E-state index in [2.05, 4.69) is 6.92 Å². The Labute approximate surface area is 115 Å². The van der Waals surface area contributed by atoms with Crippen LogP contribution in [0.15, 0.2) is 24.3 Å². The third kappa shape index (κ3) is 6.68. The summed E-state index contributed by atoms with van der Waals surface area (Å²) in [5, 5.41) is 9.93. The fourth-order valence-electron chi connectivity index (χ4n) is 1.63. The second kappa shape index (κ2) is 9.92. The van der Waals surface area contributed by atoms with E-state index in [0.29, 0.717) is 26.4 Å². The van der Waals surface area contributed by atoms with Gasteiger partial charge in [-0.05, 0) is 17.5 Å². The van der Waals surface area contributed by atoms with Gasteiger partial charge in [-0.1, -0.05) is 37.6 Å². The molecule has 1 rings (SSSR count). The topological polar surface area (TPSA) is 64.7 Å². The van der Waals surface area contributed by atoms with Crippen molar-refractivity contribution in [3.8, 4) is 0 Å². The fourth-order valence-corrected chi connectivity index (χ4v) is 1.63. The molecule has 0 amide bonds. The SMILES string of the molecule is CCCCOCCOCC(O)c1ccc(CN)cc1. The smallest absolute Gasteiger partial charge is 0.102 e. The molecule has 0 aromatic heterocycles. The van der Waals surface area contributed by atoms with E-state index in [1.807, 2.05) is 24.3 Å². The van der Waals surface area contributed by atoms with E-state index in [4.69, 9.17) is 15.2 Å². The van der Waals surface area contributed by atoms with Gasteiger partial charge in [0.2, 0.25) is 0 Å². The summed E-state index contributed by atoms with van der Waals surface area (Å²) in [5.41, 5.74) is 7.43. The van der Waals surface area contributed by atoms with E-state index in [9.17, 15) is 5.11 Å². The third-order valence-electron chi connectivity index (χ3n) is 2.89. The zero-order chi connectivity index (χ0) is 13.9. The summed E-state index contributed by atoms with van der Waals surface area (Å²) in [6, 6.07) is 7.61. The highest BCUT2D eigenvalue weighted by molar-refractivity contribution is 5.23. The number of hydrogen-bond donors (Lipinski definition) is 2. The quantitative estimate of drug-likeness (QED) is 0.636. The fraction of sp³-hybridized carbons (Fsp3) is 0.600. The van der Waals surface area contributed by atoms with Crippen molar-refractivity contribution >= 4 is 0 Å². The Bertz CT molecular complexity index is 327. The molecule has 108 valence electrons. The second-order valence-corrected chi connectivity index (χ2v) is 4.50. The maximum atomic E-state index is 9.93. The van der Waals surface area contributed by atoms with Crippen LogP contribution in [0.2, 0.25) is 0 Å². The average Bonchev–Trinajstić information content (AvgIpc) is 2.46. The predicted molar refractivity (Wildman–Crippen MR) is 75.8 cm³/mol. The molecule has 0 fully saturated rings. The normalized spacial score (nSPS) is 12.6. The molecule has 1 unspecified atom stereocenters. The summed E-state index contributed by atoms with van der Waals surface area (Å²) in [6.07, 6.45) is 1.62. The highest BCUT2D eigenvalue weighted by atomic mass is 16.5. The number of aliphatic hydroxyl groups is 1. The van der Waals surface area contributed by atoms with Gasteiger partial charge in [-0.2, -0.15) is 0 Å². The molecule has 4 nitrogen and oxygen atoms in total. The van der Waals surface area contributed by atoms with Gasteiger partial charge >= 0.3 is 0 Å². The molecule has 0 radical (unpaired) electrons. The van der Waals surface area contributed by atoms with E-state index in [1.54, 1.807) is 0 Å². The number of nitrogens with two attached hydrogens (primary N) is 1. The maximum absolute atomic E-state index is 9.93. The van der Waals surface area contributed by atoms with E-state index in [1.165, 1.54) is 0 Å². The van der Waals surface area contributed by atoms with Gasteiger partial charge in [0, 0.05) is 13.2 Å². The summed E-state index contributed by atoms with van der Waals surface area (Å²) >= 11 is 0. The molecule has 1 aromatic carbocycles. The number of rotatable bonds is 10. The van der Waals surface area contributed by atoms with Crippen molar-refractivity contribution in [1.29, 1.82) is 0 Å². The first-order valence-electron chi connectivity index (χ1n) is 6.90. The highest BCUT2D eigenvalue weighted by Crippen LogP contribution is 2.13. The Morgan fingerprint density at radius 3 is 2.42 bits per heavy atom. The zero-order valence-corrected chi connectivity index (χ0v) is 11.7. The summed E-state index contributed by atoms with van der Waals surface area (Å²) in [4.78, 5) is 0. The van der Waals surface area contributed by atoms with Crippen LogP contribution < -0.4 is 5.73 Å². The molecule has 4 heteroatoms. The zero-order valence-electron chi connectivity index (χ0n) is 11.7. The average molecular weight is 267 g/mol. The van der Waals surface area contributed by atoms with Gasteiger partial charge in [-0.3, -0.25) is 0 Å². The molecule has 3 N–H and O–H groups in total. The van der Waals surface area contributed by atoms with Crippen LogP contribution in [-0.2, 0) is 16.0 Å². The predicted octanol–water partition coefficient (Wildman–Crippen LogP) is 2.01. The van der Waals surface area contributed by atoms with Crippen LogP contribution in [0.4, 0.5) is 0 Å². The Hall–Kier alpha value is -0.940. The minimum atomic E-state index is -0.595. The lowest BCUT2D eigenvalue weighted by Gasteiger charge is -2.12. The van der Waals surface area contributed by atoms with E-state index in [-0.39, 0.29) is 0 Å². The molecule has 0 bridgehead atoms. The van der Waals surface area contributed by atoms with Crippen LogP contribution in [-0.4, -0.2) is 31.5 Å². The van der Waals surface area contributed by atoms with Crippen molar-refractivity contribution in [2.45, 2.75) is 32.4 Å². The van der Waals surface area contributed by atoms with Crippen molar-refractivity contribution in [2.75, 3.05) is 26.4 Å². The lowest BCUT2D eigenvalue weighted by molar-refractivity contribution is 0.00274. The van der Waals surface area contributed by atoms with Crippen LogP contribution in [0.25, 0.3) is 0 Å². The maximum Gasteiger partial charge on any atom is 0.102 e. The van der Waals surface area contributed by atoms with Crippen LogP contribution >= 0.6 is 0 Å². The number of ether oxygens (including phenoxy) is 2. The molecule has 0 aliphatic carbocycles. The monoisotopic (exact) mass is 267 g/mol. The van der Waals surface area contributed by atoms with Gasteiger partial charge in [0.05, 0.1) is 19.8 Å². The Balaban J connectivity index is 2.14. The molecule has 0 spiro atoms. The van der Waals surface area contributed by atoms with Gasteiger partial charge in [-0.25, -0.2) is 0 Å². The third-order valence-corrected chi connectivity index (χ3v) is 2.89. The molecule has 1 aromatic rings. The molecular formula is C15H25NO3. The standard InChI is InChI=1S/C15H25NO3/c1-2-3-8-18-9-10-19-12-15(17)14-6-4-13(11-16)5-7-14/h4-7,15,17H,2-3,8-12,16H2,1H3. The number of unbranched alkanes of at least 4 members (excludes halogenated alkanes) is 1. The van der Waals surface area contributed by atoms with Crippen LogP contribution in [0.1, 0.15) is 37.0 Å².